The maximum atomic E-state index is 12.6. The number of hydrogen-bond donors (Lipinski definition) is 1. The molecule has 2 bridgehead atoms. The monoisotopic (exact) mass is 398 g/mol. The normalized spacial score (nSPS) is 22.8. The number of nitrogens with zero attached hydrogens (tertiary/aromatic N) is 5. The molecule has 2 amide bonds. The summed E-state index contributed by atoms with van der Waals surface area (Å²) in [5.74, 6) is 0.334. The molecule has 154 valence electrons. The number of nitrogens with one attached hydrogen (secondary N) is 1. The second-order valence-electron chi connectivity index (χ2n) is 7.91. The van der Waals surface area contributed by atoms with Crippen molar-refractivity contribution in [2.75, 3.05) is 19.6 Å². The summed E-state index contributed by atoms with van der Waals surface area (Å²) in [6, 6.07) is 5.18. The Hall–Kier alpha value is -2.97. The topological polar surface area (TPSA) is 102 Å². The van der Waals surface area contributed by atoms with Crippen molar-refractivity contribution in [2.24, 2.45) is 5.92 Å². The van der Waals surface area contributed by atoms with Crippen molar-refractivity contribution < 1.29 is 9.59 Å². The SMILES string of the molecule is CC(=O)N1C[C@H]2C[C@@H](C1)[C@H](CNC(=O)CCCn1cncn1)n1c2cccc1=O. The van der Waals surface area contributed by atoms with Crippen LogP contribution in [0.2, 0.25) is 0 Å². The van der Waals surface area contributed by atoms with Crippen LogP contribution >= 0.6 is 0 Å². The number of piperidine rings is 1. The first-order valence-corrected chi connectivity index (χ1v) is 10.1. The number of rotatable bonds is 6. The molecule has 1 saturated heterocycles. The van der Waals surface area contributed by atoms with Crippen molar-refractivity contribution in [1.82, 2.24) is 29.5 Å². The smallest absolute Gasteiger partial charge is 0.251 e. The summed E-state index contributed by atoms with van der Waals surface area (Å²) in [5, 5.41) is 7.03. The van der Waals surface area contributed by atoms with E-state index in [0.29, 0.717) is 39.0 Å². The number of fused-ring (bicyclic) bond motifs is 4. The quantitative estimate of drug-likeness (QED) is 0.765. The maximum absolute atomic E-state index is 12.6. The molecule has 2 aliphatic rings. The zero-order valence-electron chi connectivity index (χ0n) is 16.5. The van der Waals surface area contributed by atoms with E-state index in [1.807, 2.05) is 15.5 Å². The molecule has 9 nitrogen and oxygen atoms in total. The van der Waals surface area contributed by atoms with E-state index < -0.39 is 0 Å². The molecule has 2 aromatic heterocycles. The van der Waals surface area contributed by atoms with Crippen LogP contribution in [0, 0.1) is 5.92 Å². The van der Waals surface area contributed by atoms with Crippen LogP contribution in [0.15, 0.2) is 35.6 Å². The van der Waals surface area contributed by atoms with Gasteiger partial charge in [-0.2, -0.15) is 5.10 Å². The molecule has 29 heavy (non-hydrogen) atoms. The van der Waals surface area contributed by atoms with E-state index in [2.05, 4.69) is 15.4 Å². The largest absolute Gasteiger partial charge is 0.354 e. The number of likely N-dealkylation sites (tertiary alicyclic amines) is 1. The lowest BCUT2D eigenvalue weighted by Gasteiger charge is -2.46. The molecule has 0 saturated carbocycles. The summed E-state index contributed by atoms with van der Waals surface area (Å²) in [6.45, 7) is 3.89. The van der Waals surface area contributed by atoms with Crippen LogP contribution in [0.1, 0.15) is 43.8 Å². The molecule has 0 spiro atoms. The second kappa shape index (κ2) is 8.18. The Balaban J connectivity index is 1.44. The second-order valence-corrected chi connectivity index (χ2v) is 7.91. The van der Waals surface area contributed by atoms with Gasteiger partial charge in [-0.1, -0.05) is 6.07 Å². The van der Waals surface area contributed by atoms with Gasteiger partial charge >= 0.3 is 0 Å². The van der Waals surface area contributed by atoms with Gasteiger partial charge in [-0.25, -0.2) is 4.98 Å². The summed E-state index contributed by atoms with van der Waals surface area (Å²) in [4.78, 5) is 42.7. The highest BCUT2D eigenvalue weighted by atomic mass is 16.2. The summed E-state index contributed by atoms with van der Waals surface area (Å²) in [6.07, 6.45) is 5.08. The van der Waals surface area contributed by atoms with Crippen molar-refractivity contribution in [3.63, 3.8) is 0 Å². The first-order chi connectivity index (χ1) is 14.0. The van der Waals surface area contributed by atoms with Gasteiger partial charge in [-0.05, 0) is 24.8 Å². The first kappa shape index (κ1) is 19.4. The highest BCUT2D eigenvalue weighted by molar-refractivity contribution is 5.75. The van der Waals surface area contributed by atoms with Gasteiger partial charge < -0.3 is 14.8 Å². The summed E-state index contributed by atoms with van der Waals surface area (Å²) in [5.41, 5.74) is 0.920. The van der Waals surface area contributed by atoms with E-state index in [-0.39, 0.29) is 35.3 Å². The Kier molecular flexibility index (Phi) is 5.46. The van der Waals surface area contributed by atoms with Crippen LogP contribution in [0.4, 0.5) is 0 Å². The van der Waals surface area contributed by atoms with Crippen molar-refractivity contribution in [2.45, 2.75) is 44.7 Å². The van der Waals surface area contributed by atoms with Crippen molar-refractivity contribution in [1.29, 1.82) is 0 Å². The van der Waals surface area contributed by atoms with Gasteiger partial charge in [0, 0.05) is 57.2 Å². The zero-order valence-corrected chi connectivity index (χ0v) is 16.5. The summed E-state index contributed by atoms with van der Waals surface area (Å²) >= 11 is 0. The molecule has 4 rings (SSSR count). The number of pyridine rings is 1. The zero-order chi connectivity index (χ0) is 20.4. The highest BCUT2D eigenvalue weighted by Crippen LogP contribution is 2.40. The predicted octanol–water partition coefficient (Wildman–Crippen LogP) is 0.543. The van der Waals surface area contributed by atoms with Crippen LogP contribution in [0.5, 0.6) is 0 Å². The molecule has 0 aliphatic carbocycles. The van der Waals surface area contributed by atoms with Gasteiger partial charge in [0.15, 0.2) is 0 Å². The third-order valence-electron chi connectivity index (χ3n) is 6.01. The fraction of sp³-hybridized carbons (Fsp3) is 0.550. The van der Waals surface area contributed by atoms with Crippen LogP contribution in [0.25, 0.3) is 0 Å². The first-order valence-electron chi connectivity index (χ1n) is 10.1. The minimum atomic E-state index is -0.142. The lowest BCUT2D eigenvalue weighted by molar-refractivity contribution is -0.132. The molecule has 0 unspecified atom stereocenters. The van der Waals surface area contributed by atoms with Crippen LogP contribution in [0.3, 0.4) is 0 Å². The lowest BCUT2D eigenvalue weighted by atomic mass is 9.78. The van der Waals surface area contributed by atoms with Crippen LogP contribution in [-0.2, 0) is 16.1 Å². The van der Waals surface area contributed by atoms with Gasteiger partial charge in [-0.15, -0.1) is 0 Å². The highest BCUT2D eigenvalue weighted by Gasteiger charge is 2.41. The van der Waals surface area contributed by atoms with Crippen LogP contribution in [-0.4, -0.2) is 55.7 Å². The number of hydrogen-bond acceptors (Lipinski definition) is 5. The maximum Gasteiger partial charge on any atom is 0.251 e. The molecule has 1 fully saturated rings. The average Bonchev–Trinajstić information content (AvgIpc) is 3.21. The number of aromatic nitrogens is 4. The Labute approximate surface area is 168 Å². The number of carbonyl (C=O) groups is 2. The van der Waals surface area contributed by atoms with Crippen molar-refractivity contribution in [3.05, 3.63) is 46.9 Å². The van der Waals surface area contributed by atoms with Gasteiger partial charge in [0.1, 0.15) is 12.7 Å². The predicted molar refractivity (Wildman–Crippen MR) is 105 cm³/mol. The van der Waals surface area contributed by atoms with Gasteiger partial charge in [0.25, 0.3) is 5.56 Å². The average molecular weight is 398 g/mol. The third-order valence-corrected chi connectivity index (χ3v) is 6.01. The Morgan fingerprint density at radius 1 is 1.28 bits per heavy atom. The number of amides is 2. The molecule has 2 aliphatic heterocycles. The summed E-state index contributed by atoms with van der Waals surface area (Å²) in [7, 11) is 0. The van der Waals surface area contributed by atoms with Crippen molar-refractivity contribution >= 4 is 11.8 Å². The summed E-state index contributed by atoms with van der Waals surface area (Å²) < 4.78 is 3.54. The van der Waals surface area contributed by atoms with E-state index >= 15 is 0 Å². The molecule has 3 atom stereocenters. The molecule has 9 heteroatoms. The molecule has 1 N–H and O–H groups in total. The third kappa shape index (κ3) is 4.08. The van der Waals surface area contributed by atoms with E-state index in [4.69, 9.17) is 0 Å². The van der Waals surface area contributed by atoms with Gasteiger partial charge in [-0.3, -0.25) is 19.1 Å². The van der Waals surface area contributed by atoms with E-state index in [0.717, 1.165) is 12.1 Å². The molecular weight excluding hydrogens is 372 g/mol. The Morgan fingerprint density at radius 3 is 2.90 bits per heavy atom. The molecule has 0 aromatic carbocycles. The molecule has 2 aromatic rings. The molecule has 0 radical (unpaired) electrons. The fourth-order valence-electron chi connectivity index (χ4n) is 4.62. The van der Waals surface area contributed by atoms with E-state index in [1.165, 1.54) is 6.33 Å². The van der Waals surface area contributed by atoms with E-state index in [1.54, 1.807) is 30.1 Å². The van der Waals surface area contributed by atoms with E-state index in [9.17, 15) is 14.4 Å². The Morgan fingerprint density at radius 2 is 2.14 bits per heavy atom. The fourth-order valence-corrected chi connectivity index (χ4v) is 4.62. The minimum Gasteiger partial charge on any atom is -0.354 e. The van der Waals surface area contributed by atoms with Crippen LogP contribution < -0.4 is 10.9 Å². The minimum absolute atomic E-state index is 0.0427. The molecular formula is C20H26N6O3. The van der Waals surface area contributed by atoms with Gasteiger partial charge in [0.05, 0.1) is 6.04 Å². The number of aryl methyl sites for hydroxylation is 1. The lowest BCUT2D eigenvalue weighted by Crippen LogP contribution is -2.52. The van der Waals surface area contributed by atoms with Crippen molar-refractivity contribution in [3.8, 4) is 0 Å². The Bertz CT molecular complexity index is 938. The number of carbonyl (C=O) groups excluding carboxylic acids is 2. The van der Waals surface area contributed by atoms with Gasteiger partial charge in [0.2, 0.25) is 11.8 Å². The standard InChI is InChI=1S/C20H26N6O3/c1-14(27)24-10-15-8-16(11-24)18(26-17(15)4-2-6-20(26)29)9-22-19(28)5-3-7-25-13-21-12-23-25/h2,4,6,12-13,15-16,18H,3,5,7-11H2,1H3,(H,22,28)/t15-,16+,18+/m1/s1. The molecule has 4 heterocycles.